The number of hydrogen-bond acceptors (Lipinski definition) is 3. The van der Waals surface area contributed by atoms with E-state index in [4.69, 9.17) is 0 Å². The highest BCUT2D eigenvalue weighted by molar-refractivity contribution is 5.94. The molecule has 128 valence electrons. The third-order valence-corrected chi connectivity index (χ3v) is 5.82. The van der Waals surface area contributed by atoms with Crippen LogP contribution in [0.4, 0.5) is 0 Å². The maximum absolute atomic E-state index is 12.9. The van der Waals surface area contributed by atoms with Crippen LogP contribution in [-0.2, 0) is 4.79 Å². The van der Waals surface area contributed by atoms with Crippen LogP contribution < -0.4 is 0 Å². The van der Waals surface area contributed by atoms with Gasteiger partial charge in [-0.15, -0.1) is 0 Å². The quantitative estimate of drug-likeness (QED) is 0.856. The number of pyridine rings is 1. The predicted octanol–water partition coefficient (Wildman–Crippen LogP) is 2.40. The molecule has 2 saturated heterocycles. The van der Waals surface area contributed by atoms with Gasteiger partial charge in [-0.2, -0.15) is 0 Å². The Bertz CT molecular complexity index is 653. The van der Waals surface area contributed by atoms with E-state index >= 15 is 0 Å². The van der Waals surface area contributed by atoms with Gasteiger partial charge in [0.2, 0.25) is 5.91 Å². The Kier molecular flexibility index (Phi) is 3.82. The third-order valence-electron chi connectivity index (χ3n) is 5.82. The van der Waals surface area contributed by atoms with E-state index in [0.29, 0.717) is 24.4 Å². The molecule has 3 aliphatic rings. The van der Waals surface area contributed by atoms with Crippen molar-refractivity contribution in [1.29, 1.82) is 0 Å². The van der Waals surface area contributed by atoms with Crippen LogP contribution in [0.3, 0.4) is 0 Å². The van der Waals surface area contributed by atoms with Gasteiger partial charge in [0.15, 0.2) is 0 Å². The van der Waals surface area contributed by atoms with E-state index in [0.717, 1.165) is 38.0 Å². The highest BCUT2D eigenvalue weighted by atomic mass is 16.2. The lowest BCUT2D eigenvalue weighted by Gasteiger charge is -2.46. The van der Waals surface area contributed by atoms with Crippen LogP contribution in [0.2, 0.25) is 0 Å². The zero-order chi connectivity index (χ0) is 16.7. The van der Waals surface area contributed by atoms with E-state index in [2.05, 4.69) is 9.88 Å². The highest BCUT2D eigenvalue weighted by Crippen LogP contribution is 2.41. The Morgan fingerprint density at radius 1 is 1.33 bits per heavy atom. The molecule has 5 heteroatoms. The van der Waals surface area contributed by atoms with Crippen LogP contribution in [0.15, 0.2) is 18.3 Å². The van der Waals surface area contributed by atoms with E-state index in [1.54, 1.807) is 6.20 Å². The van der Waals surface area contributed by atoms with Crippen LogP contribution in [0.5, 0.6) is 0 Å². The molecule has 2 aliphatic heterocycles. The second-order valence-corrected chi connectivity index (χ2v) is 7.69. The van der Waals surface area contributed by atoms with E-state index < -0.39 is 0 Å². The molecule has 0 N–H and O–H groups in total. The number of carbonyl (C=O) groups is 2. The fraction of sp³-hybridized carbons (Fsp3) is 0.632. The van der Waals surface area contributed by atoms with Gasteiger partial charge in [-0.05, 0) is 57.1 Å². The fourth-order valence-corrected chi connectivity index (χ4v) is 4.22. The van der Waals surface area contributed by atoms with Crippen molar-refractivity contribution in [2.45, 2.75) is 51.0 Å². The van der Waals surface area contributed by atoms with Crippen LogP contribution in [0.1, 0.15) is 54.6 Å². The van der Waals surface area contributed by atoms with E-state index in [1.165, 1.54) is 12.8 Å². The summed E-state index contributed by atoms with van der Waals surface area (Å²) in [5, 5.41) is 0. The zero-order valence-corrected chi connectivity index (χ0v) is 14.3. The number of aryl methyl sites for hydroxylation is 1. The van der Waals surface area contributed by atoms with E-state index in [1.807, 2.05) is 24.0 Å². The van der Waals surface area contributed by atoms with Gasteiger partial charge >= 0.3 is 0 Å². The largest absolute Gasteiger partial charge is 0.336 e. The monoisotopic (exact) mass is 327 g/mol. The molecule has 0 bridgehead atoms. The van der Waals surface area contributed by atoms with Gasteiger partial charge < -0.3 is 9.80 Å². The first-order valence-electron chi connectivity index (χ1n) is 9.10. The first-order chi connectivity index (χ1) is 11.6. The molecule has 1 saturated carbocycles. The van der Waals surface area contributed by atoms with Gasteiger partial charge in [0.1, 0.15) is 0 Å². The van der Waals surface area contributed by atoms with Crippen molar-refractivity contribution in [3.63, 3.8) is 0 Å². The summed E-state index contributed by atoms with van der Waals surface area (Å²) in [5.41, 5.74) is 1.44. The minimum atomic E-state index is -0.119. The number of aromatic nitrogens is 1. The summed E-state index contributed by atoms with van der Waals surface area (Å²) in [6.07, 6.45) is 7.70. The molecule has 2 amide bonds. The molecule has 1 aromatic heterocycles. The molecular weight excluding hydrogens is 302 g/mol. The van der Waals surface area contributed by atoms with Crippen molar-refractivity contribution in [1.82, 2.24) is 14.8 Å². The van der Waals surface area contributed by atoms with Crippen LogP contribution in [0, 0.1) is 12.8 Å². The summed E-state index contributed by atoms with van der Waals surface area (Å²) in [6, 6.07) is 3.74. The Morgan fingerprint density at radius 2 is 2.17 bits per heavy atom. The van der Waals surface area contributed by atoms with Crippen LogP contribution in [-0.4, -0.2) is 51.8 Å². The van der Waals surface area contributed by atoms with E-state index in [-0.39, 0.29) is 17.4 Å². The lowest BCUT2D eigenvalue weighted by molar-refractivity contribution is -0.132. The topological polar surface area (TPSA) is 53.5 Å². The van der Waals surface area contributed by atoms with Crippen LogP contribution >= 0.6 is 0 Å². The standard InChI is InChI=1S/C19H25N3O2/c1-14-3-6-16(11-20-14)18(24)21-10-2-8-19(13-21)9-7-17(23)22(19)12-15-4-5-15/h3,6,11,15H,2,4-5,7-10,12-13H2,1H3. The summed E-state index contributed by atoms with van der Waals surface area (Å²) in [7, 11) is 0. The number of amides is 2. The number of rotatable bonds is 3. The van der Waals surface area contributed by atoms with Crippen molar-refractivity contribution in [2.24, 2.45) is 5.92 Å². The molecular formula is C19H25N3O2. The first kappa shape index (κ1) is 15.6. The molecule has 3 heterocycles. The van der Waals surface area contributed by atoms with Gasteiger partial charge in [0.05, 0.1) is 11.1 Å². The molecule has 0 aromatic carbocycles. The second-order valence-electron chi connectivity index (χ2n) is 7.69. The van der Waals surface area contributed by atoms with Gasteiger partial charge in [0.25, 0.3) is 5.91 Å². The average Bonchev–Trinajstić information content (AvgIpc) is 3.37. The first-order valence-corrected chi connectivity index (χ1v) is 9.10. The summed E-state index contributed by atoms with van der Waals surface area (Å²) >= 11 is 0. The molecule has 5 nitrogen and oxygen atoms in total. The van der Waals surface area contributed by atoms with Crippen molar-refractivity contribution < 1.29 is 9.59 Å². The maximum atomic E-state index is 12.9. The lowest BCUT2D eigenvalue weighted by atomic mass is 9.86. The molecule has 1 aliphatic carbocycles. The van der Waals surface area contributed by atoms with Gasteiger partial charge in [-0.1, -0.05) is 0 Å². The number of hydrogen-bond donors (Lipinski definition) is 0. The molecule has 0 radical (unpaired) electrons. The lowest BCUT2D eigenvalue weighted by Crippen LogP contribution is -2.58. The predicted molar refractivity (Wildman–Crippen MR) is 90.5 cm³/mol. The van der Waals surface area contributed by atoms with Crippen molar-refractivity contribution >= 4 is 11.8 Å². The number of carbonyl (C=O) groups excluding carboxylic acids is 2. The minimum Gasteiger partial charge on any atom is -0.336 e. The molecule has 1 unspecified atom stereocenters. The molecule has 1 atom stereocenters. The highest BCUT2D eigenvalue weighted by Gasteiger charge is 2.49. The number of piperidine rings is 1. The molecule has 1 aromatic rings. The number of nitrogens with zero attached hydrogens (tertiary/aromatic N) is 3. The van der Waals surface area contributed by atoms with Crippen molar-refractivity contribution in [2.75, 3.05) is 19.6 Å². The second kappa shape index (κ2) is 5.87. The Labute approximate surface area is 143 Å². The number of likely N-dealkylation sites (tertiary alicyclic amines) is 2. The fourth-order valence-electron chi connectivity index (χ4n) is 4.22. The Hall–Kier alpha value is -1.91. The maximum Gasteiger partial charge on any atom is 0.255 e. The Morgan fingerprint density at radius 3 is 2.88 bits per heavy atom. The summed E-state index contributed by atoms with van der Waals surface area (Å²) in [6.45, 7) is 4.27. The van der Waals surface area contributed by atoms with Gasteiger partial charge in [-0.25, -0.2) is 0 Å². The Balaban J connectivity index is 1.53. The van der Waals surface area contributed by atoms with E-state index in [9.17, 15) is 9.59 Å². The summed E-state index contributed by atoms with van der Waals surface area (Å²) in [5.74, 6) is 1.02. The zero-order valence-electron chi connectivity index (χ0n) is 14.3. The van der Waals surface area contributed by atoms with Crippen molar-refractivity contribution in [3.8, 4) is 0 Å². The van der Waals surface area contributed by atoms with Crippen molar-refractivity contribution in [3.05, 3.63) is 29.6 Å². The summed E-state index contributed by atoms with van der Waals surface area (Å²) in [4.78, 5) is 33.6. The van der Waals surface area contributed by atoms with Gasteiger partial charge in [0, 0.05) is 37.9 Å². The normalized spacial score (nSPS) is 27.1. The molecule has 3 fully saturated rings. The molecule has 24 heavy (non-hydrogen) atoms. The van der Waals surface area contributed by atoms with Crippen LogP contribution in [0.25, 0.3) is 0 Å². The third kappa shape index (κ3) is 2.80. The van der Waals surface area contributed by atoms with Gasteiger partial charge in [-0.3, -0.25) is 14.6 Å². The SMILES string of the molecule is Cc1ccc(C(=O)N2CCCC3(CCC(=O)N3CC3CC3)C2)cn1. The minimum absolute atomic E-state index is 0.0484. The molecule has 1 spiro atoms. The molecule has 4 rings (SSSR count). The smallest absolute Gasteiger partial charge is 0.255 e. The summed E-state index contributed by atoms with van der Waals surface area (Å²) < 4.78 is 0. The average molecular weight is 327 g/mol.